The standard InChI is InChI=1S/C23H22N2O7S3/c1-2-31-23(28)21-17(18-9-6-11-33-18)15-34-22(21)25-19(26)14-32-20(27)13-24-35(29,30)12-10-16-7-4-3-5-8-16/h3-12,15,24H,2,13-14H2,1H3,(H,25,26)/b12-10+. The van der Waals surface area contributed by atoms with Gasteiger partial charge in [0.25, 0.3) is 5.91 Å². The number of carbonyl (C=O) groups is 3. The summed E-state index contributed by atoms with van der Waals surface area (Å²) in [6.07, 6.45) is 1.38. The van der Waals surface area contributed by atoms with Gasteiger partial charge in [0.2, 0.25) is 10.0 Å². The largest absolute Gasteiger partial charge is 0.462 e. The van der Waals surface area contributed by atoms with E-state index in [1.54, 1.807) is 42.6 Å². The number of nitrogens with one attached hydrogen (secondary N) is 2. The molecule has 1 aromatic carbocycles. The van der Waals surface area contributed by atoms with Crippen LogP contribution < -0.4 is 10.0 Å². The van der Waals surface area contributed by atoms with E-state index in [-0.39, 0.29) is 17.2 Å². The van der Waals surface area contributed by atoms with E-state index in [1.165, 1.54) is 17.4 Å². The van der Waals surface area contributed by atoms with Crippen LogP contribution in [0.25, 0.3) is 16.5 Å². The van der Waals surface area contributed by atoms with E-state index in [1.807, 2.05) is 17.5 Å². The molecule has 1 amide bonds. The quantitative estimate of drug-likeness (QED) is 0.359. The molecule has 184 valence electrons. The van der Waals surface area contributed by atoms with Crippen molar-refractivity contribution in [1.82, 2.24) is 4.72 Å². The van der Waals surface area contributed by atoms with Crippen molar-refractivity contribution in [2.24, 2.45) is 0 Å². The lowest BCUT2D eigenvalue weighted by Gasteiger charge is -2.09. The topological polar surface area (TPSA) is 128 Å². The fourth-order valence-corrected chi connectivity index (χ4v) is 5.31. The average Bonchev–Trinajstić information content (AvgIpc) is 3.51. The Morgan fingerprint density at radius 2 is 1.80 bits per heavy atom. The Morgan fingerprint density at radius 3 is 2.49 bits per heavy atom. The first-order valence-electron chi connectivity index (χ1n) is 10.3. The summed E-state index contributed by atoms with van der Waals surface area (Å²) in [4.78, 5) is 37.6. The molecule has 0 aliphatic rings. The van der Waals surface area contributed by atoms with E-state index >= 15 is 0 Å². The number of benzene rings is 1. The molecule has 0 fully saturated rings. The van der Waals surface area contributed by atoms with Crippen molar-refractivity contribution in [3.05, 3.63) is 69.8 Å². The molecule has 35 heavy (non-hydrogen) atoms. The van der Waals surface area contributed by atoms with Crippen LogP contribution in [0.1, 0.15) is 22.8 Å². The number of hydrogen-bond acceptors (Lipinski definition) is 9. The molecule has 12 heteroatoms. The summed E-state index contributed by atoms with van der Waals surface area (Å²) < 4.78 is 36.1. The molecule has 2 N–H and O–H groups in total. The van der Waals surface area contributed by atoms with Gasteiger partial charge in [-0.25, -0.2) is 17.9 Å². The summed E-state index contributed by atoms with van der Waals surface area (Å²) in [7, 11) is -3.88. The number of rotatable bonds is 11. The van der Waals surface area contributed by atoms with Crippen LogP contribution in [0.15, 0.2) is 58.6 Å². The van der Waals surface area contributed by atoms with E-state index in [2.05, 4.69) is 10.0 Å². The van der Waals surface area contributed by atoms with Crippen molar-refractivity contribution >= 4 is 61.6 Å². The van der Waals surface area contributed by atoms with Gasteiger partial charge >= 0.3 is 11.9 Å². The third-order valence-corrected chi connectivity index (χ3v) is 7.17. The van der Waals surface area contributed by atoms with Crippen LogP contribution in [0.3, 0.4) is 0 Å². The fourth-order valence-electron chi connectivity index (χ4n) is 2.77. The molecule has 2 aromatic heterocycles. The van der Waals surface area contributed by atoms with Crippen LogP contribution in [0.4, 0.5) is 5.00 Å². The molecular formula is C23H22N2O7S3. The number of ether oxygens (including phenoxy) is 2. The Hall–Kier alpha value is -3.32. The van der Waals surface area contributed by atoms with Gasteiger partial charge < -0.3 is 14.8 Å². The molecule has 0 bridgehead atoms. The Labute approximate surface area is 210 Å². The monoisotopic (exact) mass is 534 g/mol. The van der Waals surface area contributed by atoms with Gasteiger partial charge in [-0.1, -0.05) is 36.4 Å². The van der Waals surface area contributed by atoms with E-state index in [9.17, 15) is 22.8 Å². The predicted octanol–water partition coefficient (Wildman–Crippen LogP) is 3.73. The fraction of sp³-hybridized carbons (Fsp3) is 0.174. The third-order valence-electron chi connectivity index (χ3n) is 4.33. The van der Waals surface area contributed by atoms with Crippen molar-refractivity contribution in [3.63, 3.8) is 0 Å². The van der Waals surface area contributed by atoms with Gasteiger partial charge in [-0.2, -0.15) is 0 Å². The lowest BCUT2D eigenvalue weighted by atomic mass is 10.1. The zero-order valence-electron chi connectivity index (χ0n) is 18.6. The molecule has 0 aliphatic carbocycles. The Morgan fingerprint density at radius 1 is 1.03 bits per heavy atom. The van der Waals surface area contributed by atoms with Gasteiger partial charge in [-0.15, -0.1) is 22.7 Å². The molecule has 9 nitrogen and oxygen atoms in total. The molecule has 0 aliphatic heterocycles. The van der Waals surface area contributed by atoms with Crippen LogP contribution in [0.2, 0.25) is 0 Å². The van der Waals surface area contributed by atoms with E-state index in [0.29, 0.717) is 11.1 Å². The normalized spacial score (nSPS) is 11.3. The minimum Gasteiger partial charge on any atom is -0.462 e. The maximum atomic E-state index is 12.5. The highest BCUT2D eigenvalue weighted by Gasteiger charge is 2.23. The zero-order valence-corrected chi connectivity index (χ0v) is 21.0. The van der Waals surface area contributed by atoms with Crippen molar-refractivity contribution in [1.29, 1.82) is 0 Å². The molecule has 0 radical (unpaired) electrons. The van der Waals surface area contributed by atoms with Crippen LogP contribution in [0, 0.1) is 0 Å². The second kappa shape index (κ2) is 12.4. The van der Waals surface area contributed by atoms with E-state index in [4.69, 9.17) is 9.47 Å². The summed E-state index contributed by atoms with van der Waals surface area (Å²) in [5.41, 5.74) is 1.53. The summed E-state index contributed by atoms with van der Waals surface area (Å²) in [5.74, 6) is -2.20. The molecule has 0 saturated heterocycles. The molecular weight excluding hydrogens is 512 g/mol. The number of anilines is 1. The maximum Gasteiger partial charge on any atom is 0.341 e. The van der Waals surface area contributed by atoms with Crippen molar-refractivity contribution in [3.8, 4) is 10.4 Å². The van der Waals surface area contributed by atoms with Crippen LogP contribution in [0.5, 0.6) is 0 Å². The van der Waals surface area contributed by atoms with E-state index in [0.717, 1.165) is 21.6 Å². The average molecular weight is 535 g/mol. The van der Waals surface area contributed by atoms with Crippen LogP contribution >= 0.6 is 22.7 Å². The summed E-state index contributed by atoms with van der Waals surface area (Å²) in [6, 6.07) is 12.5. The maximum absolute atomic E-state index is 12.5. The molecule has 3 rings (SSSR count). The van der Waals surface area contributed by atoms with Gasteiger partial charge in [0.05, 0.1) is 6.61 Å². The number of esters is 2. The molecule has 0 saturated carbocycles. The number of thiophene rings is 2. The predicted molar refractivity (Wildman–Crippen MR) is 136 cm³/mol. The lowest BCUT2D eigenvalue weighted by Crippen LogP contribution is -2.31. The first kappa shape index (κ1) is 26.3. The molecule has 0 spiro atoms. The van der Waals surface area contributed by atoms with E-state index < -0.39 is 41.0 Å². The van der Waals surface area contributed by atoms with Gasteiger partial charge in [0.1, 0.15) is 17.1 Å². The highest BCUT2D eigenvalue weighted by atomic mass is 32.2. The van der Waals surface area contributed by atoms with Gasteiger partial charge in [-0.3, -0.25) is 9.59 Å². The summed E-state index contributed by atoms with van der Waals surface area (Å²) >= 11 is 2.58. The smallest absolute Gasteiger partial charge is 0.341 e. The van der Waals surface area contributed by atoms with Gasteiger partial charge in [-0.05, 0) is 30.0 Å². The first-order valence-corrected chi connectivity index (χ1v) is 13.6. The van der Waals surface area contributed by atoms with Crippen molar-refractivity contribution in [2.45, 2.75) is 6.92 Å². The molecule has 2 heterocycles. The highest BCUT2D eigenvalue weighted by Crippen LogP contribution is 2.38. The molecule has 0 atom stereocenters. The van der Waals surface area contributed by atoms with Crippen molar-refractivity contribution in [2.75, 3.05) is 25.1 Å². The zero-order chi connectivity index (χ0) is 25.3. The minimum absolute atomic E-state index is 0.167. The van der Waals surface area contributed by atoms with Crippen LogP contribution in [-0.4, -0.2) is 46.0 Å². The number of carbonyl (C=O) groups excluding carboxylic acids is 3. The number of hydrogen-bond donors (Lipinski definition) is 2. The second-order valence-corrected chi connectivity index (χ2v) is 10.3. The first-order chi connectivity index (χ1) is 16.8. The second-order valence-electron chi connectivity index (χ2n) is 6.84. The summed E-state index contributed by atoms with van der Waals surface area (Å²) in [6.45, 7) is 0.539. The lowest BCUT2D eigenvalue weighted by molar-refractivity contribution is -0.146. The van der Waals surface area contributed by atoms with Gasteiger partial charge in [0.15, 0.2) is 6.61 Å². The highest BCUT2D eigenvalue weighted by molar-refractivity contribution is 7.92. The third kappa shape index (κ3) is 7.86. The Balaban J connectivity index is 1.54. The Bertz CT molecular complexity index is 1300. The SMILES string of the molecule is CCOC(=O)c1c(-c2cccs2)csc1NC(=O)COC(=O)CNS(=O)(=O)/C=C/c1ccccc1. The molecule has 0 unspecified atom stereocenters. The summed E-state index contributed by atoms with van der Waals surface area (Å²) in [5, 5.41) is 7.35. The van der Waals surface area contributed by atoms with Crippen molar-refractivity contribution < 1.29 is 32.3 Å². The van der Waals surface area contributed by atoms with Crippen LogP contribution in [-0.2, 0) is 29.1 Å². The Kier molecular flexibility index (Phi) is 9.32. The van der Waals surface area contributed by atoms with Gasteiger partial charge in [0, 0.05) is 21.2 Å². The number of sulfonamides is 1. The molecule has 3 aromatic rings. The number of amides is 1. The minimum atomic E-state index is -3.88.